The van der Waals surface area contributed by atoms with Crippen molar-refractivity contribution in [1.82, 2.24) is 5.43 Å². The Morgan fingerprint density at radius 3 is 2.69 bits per heavy atom. The molecule has 0 bridgehead atoms. The Hall–Kier alpha value is -3.40. The number of methoxy groups -OCH3 is 1. The van der Waals surface area contributed by atoms with Crippen LogP contribution in [0.25, 0.3) is 6.08 Å². The maximum Gasteiger partial charge on any atom is 0.270 e. The Kier molecular flexibility index (Phi) is 9.25. The molecule has 3 aromatic carbocycles. The molecule has 3 rings (SSSR count). The number of carbonyl (C=O) groups excluding carboxylic acids is 1. The summed E-state index contributed by atoms with van der Waals surface area (Å²) in [5.74, 6) is 0.418. The third kappa shape index (κ3) is 7.54. The molecule has 0 saturated heterocycles. The lowest BCUT2D eigenvalue weighted by atomic mass is 10.2. The highest BCUT2D eigenvalue weighted by molar-refractivity contribution is 9.10. The van der Waals surface area contributed by atoms with E-state index in [-0.39, 0.29) is 12.3 Å². The first-order valence-corrected chi connectivity index (χ1v) is 11.5. The first-order chi connectivity index (χ1) is 16.8. The van der Waals surface area contributed by atoms with Gasteiger partial charge in [0.05, 0.1) is 22.7 Å². The number of ether oxygens (including phenoxy) is 2. The smallest absolute Gasteiger partial charge is 0.270 e. The minimum absolute atomic E-state index is 0.0613. The molecular formula is C24H18BrCl2N3O5. The van der Waals surface area contributed by atoms with E-state index in [4.69, 9.17) is 32.7 Å². The summed E-state index contributed by atoms with van der Waals surface area (Å²) < 4.78 is 11.9. The summed E-state index contributed by atoms with van der Waals surface area (Å²) in [7, 11) is 1.51. The highest BCUT2D eigenvalue weighted by Gasteiger charge is 2.13. The molecule has 0 radical (unpaired) electrons. The van der Waals surface area contributed by atoms with Gasteiger partial charge < -0.3 is 9.47 Å². The molecule has 1 amide bonds. The lowest BCUT2D eigenvalue weighted by Gasteiger charge is -2.14. The van der Waals surface area contributed by atoms with Crippen molar-refractivity contribution in [3.8, 4) is 11.5 Å². The molecule has 0 aromatic heterocycles. The predicted octanol–water partition coefficient (Wildman–Crippen LogP) is 6.42. The first-order valence-electron chi connectivity index (χ1n) is 9.96. The Labute approximate surface area is 219 Å². The van der Waals surface area contributed by atoms with Gasteiger partial charge in [-0.3, -0.25) is 14.9 Å². The van der Waals surface area contributed by atoms with Gasteiger partial charge in [-0.15, -0.1) is 0 Å². The van der Waals surface area contributed by atoms with Crippen molar-refractivity contribution in [1.29, 1.82) is 0 Å². The molecule has 0 aliphatic carbocycles. The van der Waals surface area contributed by atoms with Crippen LogP contribution < -0.4 is 14.9 Å². The minimum Gasteiger partial charge on any atom is -0.493 e. The van der Waals surface area contributed by atoms with Gasteiger partial charge in [0.1, 0.15) is 6.61 Å². The zero-order valence-electron chi connectivity index (χ0n) is 18.2. The van der Waals surface area contributed by atoms with Crippen LogP contribution in [0.3, 0.4) is 0 Å². The number of halogens is 3. The van der Waals surface area contributed by atoms with Gasteiger partial charge in [0.25, 0.3) is 11.6 Å². The van der Waals surface area contributed by atoms with Crippen LogP contribution >= 0.6 is 39.1 Å². The number of hydrogen-bond acceptors (Lipinski definition) is 6. The summed E-state index contributed by atoms with van der Waals surface area (Å²) in [5.41, 5.74) is 4.21. The second-order valence-electron chi connectivity index (χ2n) is 6.98. The summed E-state index contributed by atoms with van der Waals surface area (Å²) in [4.78, 5) is 22.4. The number of non-ortho nitro benzene ring substituents is 1. The molecule has 35 heavy (non-hydrogen) atoms. The highest BCUT2D eigenvalue weighted by Crippen LogP contribution is 2.37. The fourth-order valence-corrected chi connectivity index (χ4v) is 3.90. The molecule has 180 valence electrons. The van der Waals surface area contributed by atoms with Crippen molar-refractivity contribution in [2.75, 3.05) is 7.11 Å². The number of benzene rings is 3. The van der Waals surface area contributed by atoms with E-state index in [0.717, 1.165) is 5.56 Å². The summed E-state index contributed by atoms with van der Waals surface area (Å²) in [6.07, 6.45) is 4.12. The van der Waals surface area contributed by atoms with Crippen molar-refractivity contribution < 1.29 is 19.2 Å². The van der Waals surface area contributed by atoms with Gasteiger partial charge >= 0.3 is 0 Å². The lowest BCUT2D eigenvalue weighted by molar-refractivity contribution is -0.384. The molecule has 8 nitrogen and oxygen atoms in total. The Morgan fingerprint density at radius 1 is 1.17 bits per heavy atom. The standard InChI is InChI=1S/C24H18BrCl2N3O5/c1-34-22-11-16(10-20(25)24(22)35-14-17-6-7-18(26)12-21(17)27)13-28-29-23(31)8-5-15-3-2-4-19(9-15)30(32)33/h2-13H,14H2,1H3,(H,29,31)/b8-5+,28-13-. The van der Waals surface area contributed by atoms with Gasteiger partial charge in [-0.05, 0) is 57.4 Å². The van der Waals surface area contributed by atoms with Gasteiger partial charge in [-0.1, -0.05) is 41.4 Å². The first kappa shape index (κ1) is 26.2. The van der Waals surface area contributed by atoms with Crippen molar-refractivity contribution in [2.45, 2.75) is 6.61 Å². The molecule has 0 atom stereocenters. The third-order valence-electron chi connectivity index (χ3n) is 4.54. The average Bonchev–Trinajstić information content (AvgIpc) is 2.83. The van der Waals surface area contributed by atoms with Crippen molar-refractivity contribution in [2.24, 2.45) is 5.10 Å². The molecular weight excluding hydrogens is 561 g/mol. The number of amides is 1. The van der Waals surface area contributed by atoms with Crippen LogP contribution in [0.2, 0.25) is 10.0 Å². The molecule has 0 saturated carbocycles. The van der Waals surface area contributed by atoms with E-state index in [1.807, 2.05) is 0 Å². The predicted molar refractivity (Wildman–Crippen MR) is 139 cm³/mol. The monoisotopic (exact) mass is 577 g/mol. The van der Waals surface area contributed by atoms with Gasteiger partial charge in [-0.25, -0.2) is 5.43 Å². The second kappa shape index (κ2) is 12.3. The number of nitrogens with one attached hydrogen (secondary N) is 1. The fraction of sp³-hybridized carbons (Fsp3) is 0.0833. The van der Waals surface area contributed by atoms with Crippen LogP contribution in [0, 0.1) is 10.1 Å². The summed E-state index contributed by atoms with van der Waals surface area (Å²) >= 11 is 15.6. The van der Waals surface area contributed by atoms with Crippen LogP contribution in [0.1, 0.15) is 16.7 Å². The van der Waals surface area contributed by atoms with Crippen LogP contribution in [-0.2, 0) is 11.4 Å². The third-order valence-corrected chi connectivity index (χ3v) is 5.71. The van der Waals surface area contributed by atoms with Crippen molar-refractivity contribution in [3.63, 3.8) is 0 Å². The fourth-order valence-electron chi connectivity index (χ4n) is 2.86. The topological polar surface area (TPSA) is 103 Å². The maximum absolute atomic E-state index is 12.0. The Morgan fingerprint density at radius 2 is 1.97 bits per heavy atom. The summed E-state index contributed by atoms with van der Waals surface area (Å²) in [6.45, 7) is 0.200. The largest absolute Gasteiger partial charge is 0.493 e. The number of carbonyl (C=O) groups is 1. The normalized spacial score (nSPS) is 11.1. The van der Waals surface area contributed by atoms with Crippen molar-refractivity contribution >= 4 is 63.0 Å². The number of nitrogens with zero attached hydrogens (tertiary/aromatic N) is 2. The van der Waals surface area contributed by atoms with E-state index >= 15 is 0 Å². The minimum atomic E-state index is -0.503. The molecule has 1 N–H and O–H groups in total. The van der Waals surface area contributed by atoms with Crippen molar-refractivity contribution in [3.05, 3.63) is 102 Å². The zero-order chi connectivity index (χ0) is 25.4. The van der Waals surface area contributed by atoms with Gasteiger partial charge in [0.2, 0.25) is 0 Å². The summed E-state index contributed by atoms with van der Waals surface area (Å²) in [6, 6.07) is 14.5. The van der Waals surface area contributed by atoms with E-state index in [1.165, 1.54) is 43.7 Å². The highest BCUT2D eigenvalue weighted by atomic mass is 79.9. The number of rotatable bonds is 9. The SMILES string of the molecule is COc1cc(/C=N\NC(=O)/C=C/c2cccc([N+](=O)[O-])c2)cc(Br)c1OCc1ccc(Cl)cc1Cl. The molecule has 0 aliphatic rings. The Bertz CT molecular complexity index is 1310. The molecule has 11 heteroatoms. The van der Waals surface area contributed by atoms with Gasteiger partial charge in [-0.2, -0.15) is 5.10 Å². The zero-order valence-corrected chi connectivity index (χ0v) is 21.3. The maximum atomic E-state index is 12.0. The van der Waals surface area contributed by atoms with E-state index in [2.05, 4.69) is 26.5 Å². The van der Waals surface area contributed by atoms with E-state index in [0.29, 0.717) is 37.1 Å². The number of hydrogen-bond donors (Lipinski definition) is 1. The van der Waals surface area contributed by atoms with Gasteiger partial charge in [0.15, 0.2) is 11.5 Å². The van der Waals surface area contributed by atoms with Crippen LogP contribution in [0.15, 0.2) is 70.2 Å². The molecule has 0 spiro atoms. The van der Waals surface area contributed by atoms with E-state index in [1.54, 1.807) is 36.4 Å². The Balaban J connectivity index is 1.64. The van der Waals surface area contributed by atoms with Crippen LogP contribution in [-0.4, -0.2) is 24.2 Å². The molecule has 3 aromatic rings. The molecule has 0 unspecified atom stereocenters. The number of hydrazone groups is 1. The van der Waals surface area contributed by atoms with Crippen LogP contribution in [0.4, 0.5) is 5.69 Å². The quantitative estimate of drug-likeness (QED) is 0.137. The van der Waals surface area contributed by atoms with Gasteiger partial charge in [0, 0.05) is 33.8 Å². The lowest BCUT2D eigenvalue weighted by Crippen LogP contribution is -2.14. The molecule has 0 heterocycles. The number of nitro groups is 1. The average molecular weight is 579 g/mol. The molecule has 0 fully saturated rings. The van der Waals surface area contributed by atoms with Crippen LogP contribution in [0.5, 0.6) is 11.5 Å². The second-order valence-corrected chi connectivity index (χ2v) is 8.68. The van der Waals surface area contributed by atoms with E-state index < -0.39 is 10.8 Å². The number of nitro benzene ring substituents is 1. The van der Waals surface area contributed by atoms with E-state index in [9.17, 15) is 14.9 Å². The summed E-state index contributed by atoms with van der Waals surface area (Å²) in [5, 5.41) is 15.8. The molecule has 0 aliphatic heterocycles.